The highest BCUT2D eigenvalue weighted by Crippen LogP contribution is 2.21. The van der Waals surface area contributed by atoms with E-state index in [1.807, 2.05) is 19.1 Å². The average molecular weight is 312 g/mol. The number of aromatic nitrogens is 1. The van der Waals surface area contributed by atoms with Crippen molar-refractivity contribution in [2.24, 2.45) is 5.92 Å². The van der Waals surface area contributed by atoms with Crippen molar-refractivity contribution in [1.82, 2.24) is 26.5 Å². The first-order chi connectivity index (χ1) is 9.75. The van der Waals surface area contributed by atoms with Crippen LogP contribution in [0, 0.1) is 5.92 Å². The number of carbonyl (C=O) groups excluding carboxylic acids is 1. The zero-order valence-corrected chi connectivity index (χ0v) is 12.8. The monoisotopic (exact) mass is 311 g/mol. The topological polar surface area (TPSA) is 78.1 Å². The van der Waals surface area contributed by atoms with Crippen LogP contribution in [0.3, 0.4) is 0 Å². The molecule has 1 aromatic rings. The highest BCUT2D eigenvalue weighted by molar-refractivity contribution is 5.85. The number of rotatable bonds is 3. The zero-order chi connectivity index (χ0) is 13.9. The van der Waals surface area contributed by atoms with Crippen molar-refractivity contribution in [2.45, 2.75) is 31.5 Å². The van der Waals surface area contributed by atoms with Gasteiger partial charge in [-0.15, -0.1) is 12.4 Å². The van der Waals surface area contributed by atoms with Gasteiger partial charge in [-0.3, -0.25) is 15.2 Å². The summed E-state index contributed by atoms with van der Waals surface area (Å²) in [6.07, 6.45) is 4.58. The number of halogens is 1. The summed E-state index contributed by atoms with van der Waals surface area (Å²) >= 11 is 0. The van der Waals surface area contributed by atoms with Crippen molar-refractivity contribution in [3.63, 3.8) is 0 Å². The molecular weight excluding hydrogens is 290 g/mol. The van der Waals surface area contributed by atoms with Gasteiger partial charge in [-0.05, 0) is 31.5 Å². The van der Waals surface area contributed by atoms with E-state index >= 15 is 0 Å². The summed E-state index contributed by atoms with van der Waals surface area (Å²) in [6, 6.07) is 4.04. The molecule has 0 aromatic carbocycles. The zero-order valence-electron chi connectivity index (χ0n) is 12.0. The van der Waals surface area contributed by atoms with E-state index < -0.39 is 0 Å². The lowest BCUT2D eigenvalue weighted by Crippen LogP contribution is -2.49. The van der Waals surface area contributed by atoms with Crippen LogP contribution in [0.4, 0.5) is 0 Å². The van der Waals surface area contributed by atoms with Gasteiger partial charge in [0.2, 0.25) is 5.91 Å². The lowest BCUT2D eigenvalue weighted by atomic mass is 9.89. The van der Waals surface area contributed by atoms with Gasteiger partial charge in [-0.1, -0.05) is 6.07 Å². The van der Waals surface area contributed by atoms with Crippen molar-refractivity contribution in [3.05, 3.63) is 30.1 Å². The fourth-order valence-corrected chi connectivity index (χ4v) is 2.99. The van der Waals surface area contributed by atoms with Crippen LogP contribution in [0.25, 0.3) is 0 Å². The van der Waals surface area contributed by atoms with E-state index in [9.17, 15) is 4.79 Å². The van der Waals surface area contributed by atoms with E-state index in [0.717, 1.165) is 25.1 Å². The third-order valence-corrected chi connectivity index (χ3v) is 4.21. The molecule has 1 amide bonds. The number of hydrogen-bond donors (Lipinski definition) is 4. The molecule has 0 aliphatic carbocycles. The summed E-state index contributed by atoms with van der Waals surface area (Å²) in [5.74, 6) is 0.356. The molecule has 2 fully saturated rings. The molecule has 0 radical (unpaired) electrons. The van der Waals surface area contributed by atoms with E-state index in [-0.39, 0.29) is 30.4 Å². The van der Waals surface area contributed by atoms with E-state index in [0.29, 0.717) is 12.0 Å². The Kier molecular flexibility index (Phi) is 5.52. The smallest absolute Gasteiger partial charge is 0.239 e. The molecule has 116 valence electrons. The standard InChI is InChI=1S/C14H21N5O.ClH/c1-9(10-3-2-5-15-7-10)17-14(20)13-11-8-16-6-4-12(11)18-19-13;/h2-3,5,7,9,11-13,16,18-19H,4,6,8H2,1H3,(H,17,20);1H. The van der Waals surface area contributed by atoms with Crippen LogP contribution in [0.1, 0.15) is 24.9 Å². The summed E-state index contributed by atoms with van der Waals surface area (Å²) in [4.78, 5) is 16.5. The van der Waals surface area contributed by atoms with E-state index in [1.165, 1.54) is 0 Å². The molecule has 0 saturated carbocycles. The second-order valence-corrected chi connectivity index (χ2v) is 5.55. The minimum Gasteiger partial charge on any atom is -0.348 e. The Hall–Kier alpha value is -1.21. The minimum absolute atomic E-state index is 0. The third kappa shape index (κ3) is 3.52. The van der Waals surface area contributed by atoms with Gasteiger partial charge in [0, 0.05) is 30.9 Å². The van der Waals surface area contributed by atoms with Crippen LogP contribution in [0.5, 0.6) is 0 Å². The Morgan fingerprint density at radius 1 is 1.48 bits per heavy atom. The molecule has 6 nitrogen and oxygen atoms in total. The Balaban J connectivity index is 0.00000161. The van der Waals surface area contributed by atoms with Crippen LogP contribution < -0.4 is 21.5 Å². The molecule has 4 unspecified atom stereocenters. The number of nitrogens with one attached hydrogen (secondary N) is 4. The summed E-state index contributed by atoms with van der Waals surface area (Å²) < 4.78 is 0. The summed E-state index contributed by atoms with van der Waals surface area (Å²) in [5.41, 5.74) is 7.40. The number of amides is 1. The maximum Gasteiger partial charge on any atom is 0.239 e. The van der Waals surface area contributed by atoms with Gasteiger partial charge in [0.05, 0.1) is 6.04 Å². The molecule has 1 aromatic heterocycles. The first-order valence-electron chi connectivity index (χ1n) is 7.18. The van der Waals surface area contributed by atoms with Crippen molar-refractivity contribution in [2.75, 3.05) is 13.1 Å². The average Bonchev–Trinajstić information content (AvgIpc) is 2.92. The highest BCUT2D eigenvalue weighted by atomic mass is 35.5. The number of carbonyl (C=O) groups is 1. The summed E-state index contributed by atoms with van der Waals surface area (Å²) in [7, 11) is 0. The maximum absolute atomic E-state index is 12.4. The first kappa shape index (κ1) is 16.2. The van der Waals surface area contributed by atoms with Gasteiger partial charge < -0.3 is 10.6 Å². The Morgan fingerprint density at radius 2 is 2.33 bits per heavy atom. The SMILES string of the molecule is CC(NC(=O)C1NNC2CCNCC21)c1cccnc1.Cl. The number of nitrogens with zero attached hydrogens (tertiary/aromatic N) is 1. The summed E-state index contributed by atoms with van der Waals surface area (Å²) in [6.45, 7) is 3.87. The second-order valence-electron chi connectivity index (χ2n) is 5.55. The lowest BCUT2D eigenvalue weighted by molar-refractivity contribution is -0.124. The molecule has 3 rings (SSSR count). The van der Waals surface area contributed by atoms with Crippen molar-refractivity contribution in [3.8, 4) is 0 Å². The van der Waals surface area contributed by atoms with Gasteiger partial charge in [0.25, 0.3) is 0 Å². The Bertz CT molecular complexity index is 472. The highest BCUT2D eigenvalue weighted by Gasteiger charge is 2.41. The second kappa shape index (κ2) is 7.17. The maximum atomic E-state index is 12.4. The molecule has 21 heavy (non-hydrogen) atoms. The molecule has 3 heterocycles. The van der Waals surface area contributed by atoms with E-state index in [2.05, 4.69) is 26.5 Å². The number of pyridine rings is 1. The van der Waals surface area contributed by atoms with Crippen LogP contribution >= 0.6 is 12.4 Å². The minimum atomic E-state index is -0.174. The van der Waals surface area contributed by atoms with Crippen molar-refractivity contribution in [1.29, 1.82) is 0 Å². The molecule has 0 spiro atoms. The largest absolute Gasteiger partial charge is 0.348 e. The Labute approximate surface area is 130 Å². The molecule has 2 saturated heterocycles. The third-order valence-electron chi connectivity index (χ3n) is 4.21. The number of hydrogen-bond acceptors (Lipinski definition) is 5. The Morgan fingerprint density at radius 3 is 3.10 bits per heavy atom. The molecule has 4 atom stereocenters. The van der Waals surface area contributed by atoms with Gasteiger partial charge in [0.1, 0.15) is 6.04 Å². The van der Waals surface area contributed by atoms with Gasteiger partial charge in [-0.25, -0.2) is 5.43 Å². The van der Waals surface area contributed by atoms with Gasteiger partial charge in [-0.2, -0.15) is 0 Å². The van der Waals surface area contributed by atoms with Crippen LogP contribution in [0.15, 0.2) is 24.5 Å². The molecular formula is C14H22ClN5O. The summed E-state index contributed by atoms with van der Waals surface area (Å²) in [5, 5.41) is 6.42. The van der Waals surface area contributed by atoms with Crippen LogP contribution in [-0.2, 0) is 4.79 Å². The fourth-order valence-electron chi connectivity index (χ4n) is 2.99. The van der Waals surface area contributed by atoms with Crippen molar-refractivity contribution >= 4 is 18.3 Å². The predicted octanol–water partition coefficient (Wildman–Crippen LogP) is 0.135. The van der Waals surface area contributed by atoms with Crippen LogP contribution in [-0.4, -0.2) is 36.1 Å². The van der Waals surface area contributed by atoms with Gasteiger partial charge in [0.15, 0.2) is 0 Å². The predicted molar refractivity (Wildman–Crippen MR) is 82.9 cm³/mol. The molecule has 7 heteroatoms. The number of piperidine rings is 1. The molecule has 0 bridgehead atoms. The van der Waals surface area contributed by atoms with E-state index in [1.54, 1.807) is 12.4 Å². The number of hydrazine groups is 1. The molecule has 2 aliphatic rings. The van der Waals surface area contributed by atoms with Crippen LogP contribution in [0.2, 0.25) is 0 Å². The normalized spacial score (nSPS) is 29.1. The fraction of sp³-hybridized carbons (Fsp3) is 0.571. The molecule has 2 aliphatic heterocycles. The quantitative estimate of drug-likeness (QED) is 0.638. The van der Waals surface area contributed by atoms with Crippen molar-refractivity contribution < 1.29 is 4.79 Å². The molecule has 4 N–H and O–H groups in total. The first-order valence-corrected chi connectivity index (χ1v) is 7.18. The van der Waals surface area contributed by atoms with E-state index in [4.69, 9.17) is 0 Å². The van der Waals surface area contributed by atoms with Gasteiger partial charge >= 0.3 is 0 Å². The number of fused-ring (bicyclic) bond motifs is 1. The lowest BCUT2D eigenvalue weighted by Gasteiger charge is -2.28.